The fourth-order valence-electron chi connectivity index (χ4n) is 2.10. The van der Waals surface area contributed by atoms with Crippen molar-refractivity contribution in [3.8, 4) is 0 Å². The number of carbonyl (C=O) groups excluding carboxylic acids is 1. The molecule has 2 N–H and O–H groups in total. The van der Waals surface area contributed by atoms with Crippen molar-refractivity contribution in [1.29, 1.82) is 0 Å². The van der Waals surface area contributed by atoms with Crippen LogP contribution in [0.4, 0.5) is 16.0 Å². The van der Waals surface area contributed by atoms with Crippen LogP contribution >= 0.6 is 23.2 Å². The number of aromatic amines is 1. The van der Waals surface area contributed by atoms with Gasteiger partial charge in [-0.05, 0) is 17.1 Å². The molecular weight excluding hydrogens is 390 g/mol. The number of aromatic nitrogens is 4. The van der Waals surface area contributed by atoms with Crippen molar-refractivity contribution in [1.82, 2.24) is 20.0 Å². The standard InChI is InChI=1S/C14H9Cl2FN6O3/c15-8-2-1-3-10(17)7(8)5-22-6-9(16)13(21-22)18-14(24)11-4-12(20-19-11)23(25)26/h1-4,6H,5H2,(H,19,20)(H,18,21,24). The summed E-state index contributed by atoms with van der Waals surface area (Å²) in [6, 6.07) is 5.25. The van der Waals surface area contributed by atoms with Crippen molar-refractivity contribution in [2.75, 3.05) is 5.32 Å². The number of amides is 1. The van der Waals surface area contributed by atoms with E-state index in [2.05, 4.69) is 20.6 Å². The zero-order valence-corrected chi connectivity index (χ0v) is 14.3. The van der Waals surface area contributed by atoms with Gasteiger partial charge in [0, 0.05) is 16.8 Å². The summed E-state index contributed by atoms with van der Waals surface area (Å²) in [5.74, 6) is -1.68. The number of halogens is 3. The first-order valence-electron chi connectivity index (χ1n) is 7.02. The highest BCUT2D eigenvalue weighted by atomic mass is 35.5. The second-order valence-corrected chi connectivity index (χ2v) is 5.89. The van der Waals surface area contributed by atoms with E-state index in [0.29, 0.717) is 0 Å². The Bertz CT molecular complexity index is 982. The highest BCUT2D eigenvalue weighted by molar-refractivity contribution is 6.33. The molecule has 0 atom stereocenters. The lowest BCUT2D eigenvalue weighted by atomic mass is 10.2. The van der Waals surface area contributed by atoms with Gasteiger partial charge in [-0.3, -0.25) is 9.48 Å². The van der Waals surface area contributed by atoms with Gasteiger partial charge in [-0.15, -0.1) is 5.10 Å². The number of nitrogens with zero attached hydrogens (tertiary/aromatic N) is 4. The SMILES string of the molecule is O=C(Nc1nn(Cc2c(F)cccc2Cl)cc1Cl)c1cc([N+](=O)[O-])[nH]n1. The first kappa shape index (κ1) is 17.8. The van der Waals surface area contributed by atoms with Crippen LogP contribution in [0.5, 0.6) is 0 Å². The lowest BCUT2D eigenvalue weighted by Crippen LogP contribution is -2.13. The molecule has 0 bridgehead atoms. The summed E-state index contributed by atoms with van der Waals surface area (Å²) in [7, 11) is 0. The third kappa shape index (κ3) is 3.65. The minimum absolute atomic E-state index is 0.00483. The first-order valence-corrected chi connectivity index (χ1v) is 7.77. The number of hydrogen-bond donors (Lipinski definition) is 2. The van der Waals surface area contributed by atoms with Crippen molar-refractivity contribution in [2.45, 2.75) is 6.54 Å². The van der Waals surface area contributed by atoms with E-state index < -0.39 is 22.5 Å². The van der Waals surface area contributed by atoms with Crippen molar-refractivity contribution < 1.29 is 14.1 Å². The van der Waals surface area contributed by atoms with Crippen molar-refractivity contribution in [3.63, 3.8) is 0 Å². The number of nitro groups is 1. The number of benzene rings is 1. The largest absolute Gasteiger partial charge is 0.358 e. The molecule has 26 heavy (non-hydrogen) atoms. The topological polar surface area (TPSA) is 119 Å². The highest BCUT2D eigenvalue weighted by Crippen LogP contribution is 2.24. The Morgan fingerprint density at radius 1 is 1.38 bits per heavy atom. The molecule has 0 radical (unpaired) electrons. The molecule has 12 heteroatoms. The van der Waals surface area contributed by atoms with Gasteiger partial charge in [0.05, 0.1) is 12.6 Å². The first-order chi connectivity index (χ1) is 12.3. The molecule has 0 aliphatic heterocycles. The molecule has 0 saturated carbocycles. The summed E-state index contributed by atoms with van der Waals surface area (Å²) in [5, 5.41) is 23.0. The Kier molecular flexibility index (Phi) is 4.87. The maximum atomic E-state index is 13.8. The Balaban J connectivity index is 1.77. The molecule has 0 aliphatic rings. The molecule has 0 aliphatic carbocycles. The van der Waals surface area contributed by atoms with Gasteiger partial charge in [0.25, 0.3) is 5.91 Å². The van der Waals surface area contributed by atoms with Crippen LogP contribution in [0.15, 0.2) is 30.5 Å². The molecule has 0 unspecified atom stereocenters. The molecule has 2 heterocycles. The molecule has 3 aromatic rings. The molecule has 3 rings (SSSR count). The number of rotatable bonds is 5. The van der Waals surface area contributed by atoms with E-state index in [0.717, 1.165) is 6.07 Å². The lowest BCUT2D eigenvalue weighted by molar-refractivity contribution is -0.389. The summed E-state index contributed by atoms with van der Waals surface area (Å²) in [6.45, 7) is -0.00499. The van der Waals surface area contributed by atoms with E-state index in [1.54, 1.807) is 0 Å². The molecular formula is C14H9Cl2FN6O3. The second-order valence-electron chi connectivity index (χ2n) is 5.07. The lowest BCUT2D eigenvalue weighted by Gasteiger charge is -2.05. The van der Waals surface area contributed by atoms with E-state index >= 15 is 0 Å². The van der Waals surface area contributed by atoms with Gasteiger partial charge in [-0.25, -0.2) is 4.39 Å². The van der Waals surface area contributed by atoms with Gasteiger partial charge in [0.2, 0.25) is 0 Å². The third-order valence-corrected chi connectivity index (χ3v) is 3.96. The fourth-order valence-corrected chi connectivity index (χ4v) is 2.52. The van der Waals surface area contributed by atoms with Crippen LogP contribution in [-0.4, -0.2) is 30.8 Å². The minimum atomic E-state index is -0.745. The van der Waals surface area contributed by atoms with E-state index in [1.165, 1.54) is 29.1 Å². The third-order valence-electron chi connectivity index (χ3n) is 3.32. The zero-order valence-electron chi connectivity index (χ0n) is 12.7. The number of hydrogen-bond acceptors (Lipinski definition) is 5. The number of carbonyl (C=O) groups is 1. The summed E-state index contributed by atoms with van der Waals surface area (Å²) in [5.41, 5.74) is 0.00796. The molecule has 0 fully saturated rings. The maximum absolute atomic E-state index is 13.8. The quantitative estimate of drug-likeness (QED) is 0.504. The van der Waals surface area contributed by atoms with Crippen LogP contribution < -0.4 is 5.32 Å². The molecule has 0 spiro atoms. The molecule has 0 saturated heterocycles. The van der Waals surface area contributed by atoms with Crippen LogP contribution in [0.2, 0.25) is 10.0 Å². The second kappa shape index (κ2) is 7.10. The summed E-state index contributed by atoms with van der Waals surface area (Å²) in [4.78, 5) is 22.0. The Hall–Kier alpha value is -2.98. The zero-order chi connectivity index (χ0) is 18.8. The predicted octanol–water partition coefficient (Wildman–Crippen LogP) is 3.26. The summed E-state index contributed by atoms with van der Waals surface area (Å²) in [6.07, 6.45) is 1.38. The Morgan fingerprint density at radius 3 is 2.81 bits per heavy atom. The maximum Gasteiger partial charge on any atom is 0.343 e. The normalized spacial score (nSPS) is 10.7. The molecule has 9 nitrogen and oxygen atoms in total. The fraction of sp³-hybridized carbons (Fsp3) is 0.0714. The van der Waals surface area contributed by atoms with E-state index in [-0.39, 0.29) is 33.7 Å². The van der Waals surface area contributed by atoms with Crippen LogP contribution in [0.1, 0.15) is 16.1 Å². The van der Waals surface area contributed by atoms with Crippen LogP contribution in [0.3, 0.4) is 0 Å². The monoisotopic (exact) mass is 398 g/mol. The number of nitrogens with one attached hydrogen (secondary N) is 2. The Morgan fingerprint density at radius 2 is 2.15 bits per heavy atom. The number of anilines is 1. The molecule has 1 aromatic carbocycles. The minimum Gasteiger partial charge on any atom is -0.358 e. The molecule has 134 valence electrons. The smallest absolute Gasteiger partial charge is 0.343 e. The molecule has 1 amide bonds. The van der Waals surface area contributed by atoms with Crippen LogP contribution in [-0.2, 0) is 6.54 Å². The van der Waals surface area contributed by atoms with Crippen molar-refractivity contribution in [3.05, 3.63) is 67.7 Å². The van der Waals surface area contributed by atoms with Gasteiger partial charge < -0.3 is 15.4 Å². The highest BCUT2D eigenvalue weighted by Gasteiger charge is 2.19. The van der Waals surface area contributed by atoms with Crippen LogP contribution in [0, 0.1) is 15.9 Å². The predicted molar refractivity (Wildman–Crippen MR) is 90.9 cm³/mol. The van der Waals surface area contributed by atoms with Crippen molar-refractivity contribution >= 4 is 40.7 Å². The van der Waals surface area contributed by atoms with Gasteiger partial charge in [0.1, 0.15) is 10.8 Å². The van der Waals surface area contributed by atoms with Crippen LogP contribution in [0.25, 0.3) is 0 Å². The van der Waals surface area contributed by atoms with Crippen molar-refractivity contribution in [2.24, 2.45) is 0 Å². The number of H-pyrrole nitrogens is 1. The summed E-state index contributed by atoms with van der Waals surface area (Å²) >= 11 is 12.0. The van der Waals surface area contributed by atoms with E-state index in [9.17, 15) is 19.3 Å². The van der Waals surface area contributed by atoms with Gasteiger partial charge in [-0.1, -0.05) is 34.4 Å². The Labute approximate surface area is 154 Å². The van der Waals surface area contributed by atoms with Gasteiger partial charge in [-0.2, -0.15) is 5.10 Å². The van der Waals surface area contributed by atoms with E-state index in [1.807, 2.05) is 0 Å². The summed E-state index contributed by atoms with van der Waals surface area (Å²) < 4.78 is 15.1. The van der Waals surface area contributed by atoms with Gasteiger partial charge >= 0.3 is 5.82 Å². The molecule has 2 aromatic heterocycles. The average Bonchev–Trinajstić information content (AvgIpc) is 3.19. The van der Waals surface area contributed by atoms with Gasteiger partial charge in [0.15, 0.2) is 11.5 Å². The van der Waals surface area contributed by atoms with E-state index in [4.69, 9.17) is 23.2 Å². The average molecular weight is 399 g/mol.